The van der Waals surface area contributed by atoms with Crippen molar-refractivity contribution in [3.8, 4) is 17.0 Å². The Morgan fingerprint density at radius 3 is 2.26 bits per heavy atom. The van der Waals surface area contributed by atoms with E-state index in [-0.39, 0.29) is 24.6 Å². The first kappa shape index (κ1) is 19.3. The molecular weight excluding hydrogens is 369 g/mol. The van der Waals surface area contributed by atoms with E-state index in [1.165, 1.54) is 18.3 Å². The van der Waals surface area contributed by atoms with Crippen molar-refractivity contribution in [2.24, 2.45) is 5.92 Å². The first-order valence-electron chi connectivity index (χ1n) is 8.53. The lowest BCUT2D eigenvalue weighted by molar-refractivity contribution is -0.182. The number of anilines is 1. The quantitative estimate of drug-likeness (QED) is 0.710. The Bertz CT molecular complexity index is 743. The van der Waals surface area contributed by atoms with Gasteiger partial charge in [0.1, 0.15) is 5.75 Å². The zero-order valence-corrected chi connectivity index (χ0v) is 14.2. The van der Waals surface area contributed by atoms with Crippen LogP contribution in [0, 0.1) is 5.92 Å². The van der Waals surface area contributed by atoms with Crippen molar-refractivity contribution in [1.82, 2.24) is 9.97 Å². The molecular formula is C18H18F5N3O. The summed E-state index contributed by atoms with van der Waals surface area (Å²) in [4.78, 5) is 8.48. The highest BCUT2D eigenvalue weighted by Crippen LogP contribution is 2.38. The standard InChI is InChI=1S/C18H18F5N3O/c19-16(20)27-14-7-1-11(2-8-14)15-9-10-24-17(26-15)25-13-5-3-12(4-6-13)18(21,22)23/h1-2,7-10,12-13,16H,3-6H2,(H,24,25,26). The zero-order valence-electron chi connectivity index (χ0n) is 14.2. The minimum Gasteiger partial charge on any atom is -0.435 e. The van der Waals surface area contributed by atoms with E-state index in [1.807, 2.05) is 0 Å². The third-order valence-electron chi connectivity index (χ3n) is 4.55. The maximum Gasteiger partial charge on any atom is 0.391 e. The lowest BCUT2D eigenvalue weighted by atomic mass is 9.86. The van der Waals surface area contributed by atoms with Gasteiger partial charge in [-0.2, -0.15) is 22.0 Å². The van der Waals surface area contributed by atoms with Crippen LogP contribution in [0.25, 0.3) is 11.3 Å². The average molecular weight is 387 g/mol. The molecule has 1 aromatic carbocycles. The number of hydrogen-bond donors (Lipinski definition) is 1. The summed E-state index contributed by atoms with van der Waals surface area (Å²) in [6, 6.07) is 7.57. The second-order valence-electron chi connectivity index (χ2n) is 6.40. The van der Waals surface area contributed by atoms with E-state index >= 15 is 0 Å². The molecule has 0 aliphatic heterocycles. The van der Waals surface area contributed by atoms with Gasteiger partial charge in [-0.05, 0) is 56.0 Å². The van der Waals surface area contributed by atoms with E-state index in [9.17, 15) is 22.0 Å². The minimum atomic E-state index is -4.14. The third kappa shape index (κ3) is 5.27. The number of aromatic nitrogens is 2. The normalized spacial score (nSPS) is 20.5. The van der Waals surface area contributed by atoms with Crippen molar-refractivity contribution < 1.29 is 26.7 Å². The summed E-state index contributed by atoms with van der Waals surface area (Å²) in [6.07, 6.45) is -1.62. The molecule has 4 nitrogen and oxygen atoms in total. The van der Waals surface area contributed by atoms with E-state index < -0.39 is 18.7 Å². The molecule has 9 heteroatoms. The van der Waals surface area contributed by atoms with Crippen LogP contribution in [0.2, 0.25) is 0 Å². The average Bonchev–Trinajstić information content (AvgIpc) is 2.62. The molecule has 0 radical (unpaired) electrons. The fourth-order valence-electron chi connectivity index (χ4n) is 3.14. The lowest BCUT2D eigenvalue weighted by Gasteiger charge is -2.30. The molecule has 1 saturated carbocycles. The van der Waals surface area contributed by atoms with Crippen LogP contribution in [0.3, 0.4) is 0 Å². The Labute approximate surface area is 152 Å². The Morgan fingerprint density at radius 1 is 1.00 bits per heavy atom. The number of alkyl halides is 5. The smallest absolute Gasteiger partial charge is 0.391 e. The van der Waals surface area contributed by atoms with Gasteiger partial charge in [-0.15, -0.1) is 0 Å². The fraction of sp³-hybridized carbons (Fsp3) is 0.444. The highest BCUT2D eigenvalue weighted by atomic mass is 19.4. The van der Waals surface area contributed by atoms with Crippen LogP contribution in [0.1, 0.15) is 25.7 Å². The lowest BCUT2D eigenvalue weighted by Crippen LogP contribution is -2.33. The Kier molecular flexibility index (Phi) is 5.76. The molecule has 3 rings (SSSR count). The number of ether oxygens (including phenoxy) is 1. The SMILES string of the molecule is FC(F)Oc1ccc(-c2ccnc(NC3CCC(C(F)(F)F)CC3)n2)cc1. The highest BCUT2D eigenvalue weighted by molar-refractivity contribution is 5.61. The zero-order chi connectivity index (χ0) is 19.4. The molecule has 27 heavy (non-hydrogen) atoms. The topological polar surface area (TPSA) is 47.0 Å². The first-order valence-corrected chi connectivity index (χ1v) is 8.53. The number of nitrogens with one attached hydrogen (secondary N) is 1. The van der Waals surface area contributed by atoms with Crippen molar-refractivity contribution in [2.75, 3.05) is 5.32 Å². The van der Waals surface area contributed by atoms with Gasteiger partial charge in [0.05, 0.1) is 11.6 Å². The summed E-state index contributed by atoms with van der Waals surface area (Å²) in [5, 5.41) is 3.09. The molecule has 1 N–H and O–H groups in total. The monoisotopic (exact) mass is 387 g/mol. The first-order chi connectivity index (χ1) is 12.8. The second-order valence-corrected chi connectivity index (χ2v) is 6.40. The van der Waals surface area contributed by atoms with Gasteiger partial charge < -0.3 is 10.1 Å². The molecule has 0 amide bonds. The maximum atomic E-state index is 12.7. The Hall–Kier alpha value is -2.45. The predicted octanol–water partition coefficient (Wildman–Crippen LogP) is 5.28. The third-order valence-corrected chi connectivity index (χ3v) is 4.55. The van der Waals surface area contributed by atoms with Crippen molar-refractivity contribution >= 4 is 5.95 Å². The van der Waals surface area contributed by atoms with Crippen molar-refractivity contribution in [3.05, 3.63) is 36.5 Å². The highest BCUT2D eigenvalue weighted by Gasteiger charge is 2.41. The van der Waals surface area contributed by atoms with Crippen LogP contribution in [-0.2, 0) is 0 Å². The molecule has 2 aromatic rings. The van der Waals surface area contributed by atoms with Crippen LogP contribution >= 0.6 is 0 Å². The van der Waals surface area contributed by atoms with Gasteiger partial charge in [0, 0.05) is 17.8 Å². The van der Waals surface area contributed by atoms with Crippen LogP contribution in [0.5, 0.6) is 5.75 Å². The van der Waals surface area contributed by atoms with Crippen LogP contribution in [0.4, 0.5) is 27.9 Å². The molecule has 1 aromatic heterocycles. The Balaban J connectivity index is 1.63. The summed E-state index contributed by atoms with van der Waals surface area (Å²) in [7, 11) is 0. The summed E-state index contributed by atoms with van der Waals surface area (Å²) in [6.45, 7) is -2.89. The van der Waals surface area contributed by atoms with Gasteiger partial charge in [0.25, 0.3) is 0 Å². The summed E-state index contributed by atoms with van der Waals surface area (Å²) >= 11 is 0. The molecule has 1 fully saturated rings. The fourth-order valence-corrected chi connectivity index (χ4v) is 3.14. The minimum absolute atomic E-state index is 0.0441. The Morgan fingerprint density at radius 2 is 1.67 bits per heavy atom. The molecule has 0 unspecified atom stereocenters. The number of benzene rings is 1. The molecule has 0 spiro atoms. The van der Waals surface area contributed by atoms with Crippen LogP contribution in [-0.4, -0.2) is 28.8 Å². The van der Waals surface area contributed by atoms with Gasteiger partial charge in [-0.25, -0.2) is 9.97 Å². The van der Waals surface area contributed by atoms with Crippen molar-refractivity contribution in [3.63, 3.8) is 0 Å². The van der Waals surface area contributed by atoms with Gasteiger partial charge in [-0.1, -0.05) is 0 Å². The molecule has 1 aliphatic rings. The summed E-state index contributed by atoms with van der Waals surface area (Å²) in [5.74, 6) is -0.866. The number of halogens is 5. The molecule has 1 heterocycles. The van der Waals surface area contributed by atoms with Crippen LogP contribution in [0.15, 0.2) is 36.5 Å². The maximum absolute atomic E-state index is 12.7. The molecule has 0 saturated heterocycles. The van der Waals surface area contributed by atoms with Gasteiger partial charge >= 0.3 is 12.8 Å². The van der Waals surface area contributed by atoms with Crippen molar-refractivity contribution in [2.45, 2.75) is 44.5 Å². The number of nitrogens with zero attached hydrogens (tertiary/aromatic N) is 2. The largest absolute Gasteiger partial charge is 0.435 e. The van der Waals surface area contributed by atoms with E-state index in [1.54, 1.807) is 18.2 Å². The molecule has 0 bridgehead atoms. The summed E-state index contributed by atoms with van der Waals surface area (Å²) in [5.41, 5.74) is 1.25. The van der Waals surface area contributed by atoms with E-state index in [4.69, 9.17) is 0 Å². The second kappa shape index (κ2) is 8.06. The molecule has 146 valence electrons. The molecule has 1 aliphatic carbocycles. The van der Waals surface area contributed by atoms with Crippen LogP contribution < -0.4 is 10.1 Å². The number of hydrogen-bond acceptors (Lipinski definition) is 4. The predicted molar refractivity (Wildman–Crippen MR) is 89.5 cm³/mol. The van der Waals surface area contributed by atoms with Gasteiger partial charge in [0.2, 0.25) is 5.95 Å². The van der Waals surface area contributed by atoms with E-state index in [0.29, 0.717) is 30.0 Å². The van der Waals surface area contributed by atoms with Gasteiger partial charge in [0.15, 0.2) is 0 Å². The van der Waals surface area contributed by atoms with Crippen molar-refractivity contribution in [1.29, 1.82) is 0 Å². The van der Waals surface area contributed by atoms with E-state index in [2.05, 4.69) is 20.0 Å². The number of rotatable bonds is 5. The van der Waals surface area contributed by atoms with E-state index in [0.717, 1.165) is 0 Å². The van der Waals surface area contributed by atoms with Gasteiger partial charge in [-0.3, -0.25) is 0 Å². The summed E-state index contributed by atoms with van der Waals surface area (Å²) < 4.78 is 66.9. The molecule has 0 atom stereocenters.